The number of nitrogens with two attached hydrogens (primary N) is 1. The van der Waals surface area contributed by atoms with Crippen LogP contribution in [-0.2, 0) is 9.57 Å². The molecule has 1 fully saturated rings. The van der Waals surface area contributed by atoms with Crippen LogP contribution in [0, 0.1) is 19.7 Å². The van der Waals surface area contributed by atoms with E-state index in [4.69, 9.17) is 24.8 Å². The molecular formula is C22H27FN4O6. The van der Waals surface area contributed by atoms with Gasteiger partial charge in [0.1, 0.15) is 12.4 Å². The first-order valence-electron chi connectivity index (χ1n) is 10.5. The van der Waals surface area contributed by atoms with E-state index in [1.54, 1.807) is 20.8 Å². The predicted octanol–water partition coefficient (Wildman–Crippen LogP) is 3.44. The fourth-order valence-corrected chi connectivity index (χ4v) is 3.27. The van der Waals surface area contributed by atoms with Crippen LogP contribution in [0.25, 0.3) is 0 Å². The molecular weight excluding hydrogens is 435 g/mol. The number of halogens is 1. The van der Waals surface area contributed by atoms with Crippen molar-refractivity contribution in [2.75, 3.05) is 13.1 Å². The third kappa shape index (κ3) is 6.07. The molecule has 2 N–H and O–H groups in total. The van der Waals surface area contributed by atoms with Crippen molar-refractivity contribution < 1.29 is 33.0 Å². The third-order valence-electron chi connectivity index (χ3n) is 5.03. The SMILES string of the molecule is Cc1c(Oc2ccc(C(N)=O)c(C)c2F)ncnc1OC1CCN(OC(=O)OC(C)C)CC1. The van der Waals surface area contributed by atoms with Gasteiger partial charge in [-0.05, 0) is 39.8 Å². The van der Waals surface area contributed by atoms with Crippen molar-refractivity contribution >= 4 is 12.1 Å². The second kappa shape index (κ2) is 10.4. The highest BCUT2D eigenvalue weighted by Gasteiger charge is 2.26. The molecule has 1 saturated heterocycles. The zero-order valence-electron chi connectivity index (χ0n) is 19.0. The smallest absolute Gasteiger partial charge is 0.474 e. The van der Waals surface area contributed by atoms with E-state index in [0.29, 0.717) is 37.4 Å². The summed E-state index contributed by atoms with van der Waals surface area (Å²) in [5.74, 6) is -1.08. The Morgan fingerprint density at radius 1 is 1.12 bits per heavy atom. The molecule has 33 heavy (non-hydrogen) atoms. The van der Waals surface area contributed by atoms with Gasteiger partial charge < -0.3 is 24.8 Å². The number of piperidine rings is 1. The van der Waals surface area contributed by atoms with E-state index in [-0.39, 0.29) is 35.0 Å². The Hall–Kier alpha value is -3.47. The van der Waals surface area contributed by atoms with Gasteiger partial charge in [-0.1, -0.05) is 0 Å². The summed E-state index contributed by atoms with van der Waals surface area (Å²) in [6, 6.07) is 2.72. The number of hydroxylamine groups is 2. The van der Waals surface area contributed by atoms with Crippen molar-refractivity contribution in [1.29, 1.82) is 0 Å². The van der Waals surface area contributed by atoms with Gasteiger partial charge in [0, 0.05) is 37.1 Å². The highest BCUT2D eigenvalue weighted by molar-refractivity contribution is 5.94. The van der Waals surface area contributed by atoms with Crippen molar-refractivity contribution in [3.8, 4) is 17.5 Å². The number of nitrogens with zero attached hydrogens (tertiary/aromatic N) is 3. The summed E-state index contributed by atoms with van der Waals surface area (Å²) in [6.45, 7) is 7.59. The summed E-state index contributed by atoms with van der Waals surface area (Å²) < 4.78 is 31.3. The molecule has 1 amide bonds. The molecule has 0 aliphatic carbocycles. The van der Waals surface area contributed by atoms with Gasteiger partial charge in [0.15, 0.2) is 11.6 Å². The van der Waals surface area contributed by atoms with Gasteiger partial charge in [0.2, 0.25) is 17.7 Å². The molecule has 1 aliphatic heterocycles. The van der Waals surface area contributed by atoms with Crippen LogP contribution in [0.1, 0.15) is 48.2 Å². The quantitative estimate of drug-likeness (QED) is 0.616. The predicted molar refractivity (Wildman–Crippen MR) is 114 cm³/mol. The van der Waals surface area contributed by atoms with Crippen LogP contribution in [0.15, 0.2) is 18.5 Å². The Morgan fingerprint density at radius 2 is 1.79 bits per heavy atom. The average molecular weight is 462 g/mol. The highest BCUT2D eigenvalue weighted by atomic mass is 19.1. The number of primary amides is 1. The van der Waals surface area contributed by atoms with E-state index < -0.39 is 17.9 Å². The van der Waals surface area contributed by atoms with E-state index in [9.17, 15) is 14.0 Å². The minimum Gasteiger partial charge on any atom is -0.474 e. The molecule has 0 radical (unpaired) electrons. The topological polar surface area (TPSA) is 126 Å². The average Bonchev–Trinajstić information content (AvgIpc) is 2.74. The maximum Gasteiger partial charge on any atom is 0.528 e. The Morgan fingerprint density at radius 3 is 2.42 bits per heavy atom. The van der Waals surface area contributed by atoms with Crippen LogP contribution < -0.4 is 15.2 Å². The third-order valence-corrected chi connectivity index (χ3v) is 5.03. The maximum atomic E-state index is 14.7. The number of amides is 1. The zero-order valence-corrected chi connectivity index (χ0v) is 19.0. The number of hydrogen-bond acceptors (Lipinski definition) is 9. The van der Waals surface area contributed by atoms with Gasteiger partial charge in [-0.3, -0.25) is 4.79 Å². The normalized spacial score (nSPS) is 14.7. The van der Waals surface area contributed by atoms with E-state index in [1.807, 2.05) is 0 Å². The molecule has 2 heterocycles. The Labute approximate surface area is 190 Å². The lowest BCUT2D eigenvalue weighted by Gasteiger charge is -2.30. The second-order valence-corrected chi connectivity index (χ2v) is 7.88. The fraction of sp³-hybridized carbons (Fsp3) is 0.455. The van der Waals surface area contributed by atoms with Crippen LogP contribution >= 0.6 is 0 Å². The molecule has 1 aromatic heterocycles. The number of benzene rings is 1. The van der Waals surface area contributed by atoms with Gasteiger partial charge >= 0.3 is 6.16 Å². The fourth-order valence-electron chi connectivity index (χ4n) is 3.27. The van der Waals surface area contributed by atoms with Crippen LogP contribution in [0.5, 0.6) is 17.5 Å². The van der Waals surface area contributed by atoms with Crippen molar-refractivity contribution in [1.82, 2.24) is 15.0 Å². The highest BCUT2D eigenvalue weighted by Crippen LogP contribution is 2.32. The first-order valence-corrected chi connectivity index (χ1v) is 10.5. The zero-order chi connectivity index (χ0) is 24.1. The maximum absolute atomic E-state index is 14.7. The van der Waals surface area contributed by atoms with E-state index in [2.05, 4.69) is 9.97 Å². The molecule has 3 rings (SSSR count). The number of carbonyl (C=O) groups excluding carboxylic acids is 2. The van der Waals surface area contributed by atoms with Crippen molar-refractivity contribution in [3.63, 3.8) is 0 Å². The molecule has 0 spiro atoms. The number of hydrogen-bond donors (Lipinski definition) is 1. The van der Waals surface area contributed by atoms with Gasteiger partial charge in [0.25, 0.3) is 0 Å². The Bertz CT molecular complexity index is 1020. The summed E-state index contributed by atoms with van der Waals surface area (Å²) in [7, 11) is 0. The van der Waals surface area contributed by atoms with Crippen molar-refractivity contribution in [2.24, 2.45) is 5.73 Å². The minimum atomic E-state index is -0.732. The monoisotopic (exact) mass is 462 g/mol. The van der Waals surface area contributed by atoms with Crippen LogP contribution in [0.4, 0.5) is 9.18 Å². The summed E-state index contributed by atoms with van der Waals surface area (Å²) in [6.07, 6.45) is 1.30. The number of rotatable bonds is 7. The van der Waals surface area contributed by atoms with Gasteiger partial charge in [-0.15, -0.1) is 5.06 Å². The second-order valence-electron chi connectivity index (χ2n) is 7.88. The standard InChI is InChI=1S/C22H27FN4O6/c1-12(2)30-22(29)33-27-9-7-15(8-10-27)31-20-14(4)21(26-11-25-20)32-17-6-5-16(19(24)28)13(3)18(17)23/h5-6,11-12,15H,7-10H2,1-4H3,(H2,24,28). The van der Waals surface area contributed by atoms with E-state index in [0.717, 1.165) is 0 Å². The molecule has 0 unspecified atom stereocenters. The van der Waals surface area contributed by atoms with E-state index >= 15 is 0 Å². The van der Waals surface area contributed by atoms with Gasteiger partial charge in [-0.2, -0.15) is 0 Å². The molecule has 1 aromatic carbocycles. The Balaban J connectivity index is 1.63. The summed E-state index contributed by atoms with van der Waals surface area (Å²) in [5.41, 5.74) is 5.92. The van der Waals surface area contributed by atoms with Crippen molar-refractivity contribution in [3.05, 3.63) is 41.0 Å². The molecule has 10 nitrogen and oxygen atoms in total. The molecule has 0 saturated carbocycles. The van der Waals surface area contributed by atoms with Gasteiger partial charge in [0.05, 0.1) is 11.7 Å². The molecule has 0 bridgehead atoms. The lowest BCUT2D eigenvalue weighted by molar-refractivity contribution is -0.151. The van der Waals surface area contributed by atoms with Crippen LogP contribution in [0.3, 0.4) is 0 Å². The number of aromatic nitrogens is 2. The van der Waals surface area contributed by atoms with Gasteiger partial charge in [-0.25, -0.2) is 19.2 Å². The summed E-state index contributed by atoms with van der Waals surface area (Å²) >= 11 is 0. The summed E-state index contributed by atoms with van der Waals surface area (Å²) in [4.78, 5) is 36.4. The molecule has 2 aromatic rings. The first-order chi connectivity index (χ1) is 15.7. The lowest BCUT2D eigenvalue weighted by atomic mass is 10.1. The largest absolute Gasteiger partial charge is 0.528 e. The van der Waals surface area contributed by atoms with Crippen LogP contribution in [0.2, 0.25) is 0 Å². The lowest BCUT2D eigenvalue weighted by Crippen LogP contribution is -2.40. The first kappa shape index (κ1) is 24.2. The van der Waals surface area contributed by atoms with Crippen LogP contribution in [-0.4, -0.2) is 52.4 Å². The number of carbonyl (C=O) groups is 2. The molecule has 1 aliphatic rings. The Kier molecular flexibility index (Phi) is 7.64. The number of ether oxygens (including phenoxy) is 3. The minimum absolute atomic E-state index is 0.0797. The molecule has 178 valence electrons. The molecule has 0 atom stereocenters. The summed E-state index contributed by atoms with van der Waals surface area (Å²) in [5, 5.41) is 1.53. The van der Waals surface area contributed by atoms with E-state index in [1.165, 1.54) is 30.4 Å². The van der Waals surface area contributed by atoms with Crippen molar-refractivity contribution in [2.45, 2.75) is 52.7 Å². The molecule has 11 heteroatoms.